The van der Waals surface area contributed by atoms with Gasteiger partial charge >= 0.3 is 6.36 Å². The van der Waals surface area contributed by atoms with E-state index in [1.165, 1.54) is 45.9 Å². The van der Waals surface area contributed by atoms with E-state index in [0.717, 1.165) is 12.3 Å². The molecule has 0 radical (unpaired) electrons. The molecule has 0 aliphatic heterocycles. The van der Waals surface area contributed by atoms with Crippen molar-refractivity contribution in [3.63, 3.8) is 0 Å². The lowest BCUT2D eigenvalue weighted by Crippen LogP contribution is -2.20. The van der Waals surface area contributed by atoms with Crippen LogP contribution in [0, 0.1) is 0 Å². The van der Waals surface area contributed by atoms with Crippen molar-refractivity contribution in [3.05, 3.63) is 60.0 Å². The largest absolute Gasteiger partial charge is 0.573 e. The summed E-state index contributed by atoms with van der Waals surface area (Å²) < 4.78 is 58.0. The first kappa shape index (κ1) is 24.3. The van der Waals surface area contributed by atoms with Gasteiger partial charge in [-0.25, -0.2) is 10.4 Å². The molecule has 12 heteroatoms. The number of carbonyl (C=O) groups excluding carboxylic acids is 1. The monoisotopic (exact) mass is 476 g/mol. The summed E-state index contributed by atoms with van der Waals surface area (Å²) in [4.78, 5) is 20.5. The van der Waals surface area contributed by atoms with Crippen LogP contribution < -0.4 is 24.4 Å². The van der Waals surface area contributed by atoms with Crippen LogP contribution in [0.1, 0.15) is 16.1 Å². The summed E-state index contributed by atoms with van der Waals surface area (Å²) in [5.74, 6) is -0.0755. The number of hydrogen-bond acceptors (Lipinski definition) is 8. The summed E-state index contributed by atoms with van der Waals surface area (Å²) >= 11 is 0. The van der Waals surface area contributed by atoms with E-state index in [1.54, 1.807) is 18.2 Å². The van der Waals surface area contributed by atoms with Crippen molar-refractivity contribution < 1.29 is 36.9 Å². The number of hydrogen-bond donors (Lipinski definition) is 1. The SMILES string of the molecule is COc1cc(/C=N/NC(=O)c2cncc(-c3ccc(OC)cc3OC(F)(F)F)n2)cc(OC)c1. The number of rotatable bonds is 8. The smallest absolute Gasteiger partial charge is 0.497 e. The molecule has 1 heterocycles. The molecular formula is C22H19F3N4O5. The van der Waals surface area contributed by atoms with Crippen molar-refractivity contribution >= 4 is 12.1 Å². The molecule has 34 heavy (non-hydrogen) atoms. The Morgan fingerprint density at radius 1 is 0.971 bits per heavy atom. The number of nitrogens with zero attached hydrogens (tertiary/aromatic N) is 3. The number of ether oxygens (including phenoxy) is 4. The maximum absolute atomic E-state index is 12.9. The predicted molar refractivity (Wildman–Crippen MR) is 115 cm³/mol. The molecule has 0 unspecified atom stereocenters. The summed E-state index contributed by atoms with van der Waals surface area (Å²) in [7, 11) is 4.30. The Kier molecular flexibility index (Phi) is 7.51. The highest BCUT2D eigenvalue weighted by molar-refractivity contribution is 5.93. The van der Waals surface area contributed by atoms with Crippen molar-refractivity contribution in [2.75, 3.05) is 21.3 Å². The van der Waals surface area contributed by atoms with Crippen LogP contribution in [0.25, 0.3) is 11.3 Å². The van der Waals surface area contributed by atoms with Crippen molar-refractivity contribution in [1.29, 1.82) is 0 Å². The first-order valence-electron chi connectivity index (χ1n) is 9.55. The van der Waals surface area contributed by atoms with Crippen LogP contribution in [0.5, 0.6) is 23.0 Å². The fourth-order valence-corrected chi connectivity index (χ4v) is 2.78. The second kappa shape index (κ2) is 10.5. The highest BCUT2D eigenvalue weighted by atomic mass is 19.4. The Morgan fingerprint density at radius 2 is 1.65 bits per heavy atom. The molecule has 0 fully saturated rings. The Balaban J connectivity index is 1.82. The lowest BCUT2D eigenvalue weighted by atomic mass is 10.1. The molecule has 3 rings (SSSR count). The van der Waals surface area contributed by atoms with Gasteiger partial charge in [0, 0.05) is 23.3 Å². The quantitative estimate of drug-likeness (QED) is 0.389. The van der Waals surface area contributed by atoms with E-state index < -0.39 is 18.0 Å². The van der Waals surface area contributed by atoms with Gasteiger partial charge in [0.15, 0.2) is 0 Å². The molecule has 178 valence electrons. The van der Waals surface area contributed by atoms with Gasteiger partial charge in [-0.3, -0.25) is 9.78 Å². The molecule has 1 N–H and O–H groups in total. The topological polar surface area (TPSA) is 104 Å². The lowest BCUT2D eigenvalue weighted by Gasteiger charge is -2.14. The number of carbonyl (C=O) groups is 1. The molecule has 3 aromatic rings. The van der Waals surface area contributed by atoms with Crippen LogP contribution in [-0.4, -0.2) is 49.8 Å². The molecule has 0 saturated heterocycles. The van der Waals surface area contributed by atoms with Crippen molar-refractivity contribution in [1.82, 2.24) is 15.4 Å². The Hall–Kier alpha value is -4.35. The molecular weight excluding hydrogens is 457 g/mol. The summed E-state index contributed by atoms with van der Waals surface area (Å²) in [5, 5.41) is 3.87. The first-order chi connectivity index (χ1) is 16.2. The normalized spacial score (nSPS) is 11.2. The minimum atomic E-state index is -4.94. The molecule has 2 aromatic carbocycles. The van der Waals surface area contributed by atoms with E-state index >= 15 is 0 Å². The number of methoxy groups -OCH3 is 3. The zero-order valence-electron chi connectivity index (χ0n) is 18.2. The molecule has 9 nitrogen and oxygen atoms in total. The van der Waals surface area contributed by atoms with Gasteiger partial charge in [0.2, 0.25) is 0 Å². The lowest BCUT2D eigenvalue weighted by molar-refractivity contribution is -0.274. The van der Waals surface area contributed by atoms with Crippen LogP contribution >= 0.6 is 0 Å². The van der Waals surface area contributed by atoms with Crippen molar-refractivity contribution in [2.24, 2.45) is 5.10 Å². The van der Waals surface area contributed by atoms with Gasteiger partial charge in [-0.1, -0.05) is 0 Å². The average molecular weight is 476 g/mol. The molecule has 0 aliphatic carbocycles. The maximum Gasteiger partial charge on any atom is 0.573 e. The Morgan fingerprint density at radius 3 is 2.26 bits per heavy atom. The molecule has 0 spiro atoms. The van der Waals surface area contributed by atoms with E-state index in [1.807, 2.05) is 0 Å². The number of hydrazone groups is 1. The van der Waals surface area contributed by atoms with E-state index in [9.17, 15) is 18.0 Å². The van der Waals surface area contributed by atoms with Crippen LogP contribution in [0.4, 0.5) is 13.2 Å². The number of nitrogens with one attached hydrogen (secondary N) is 1. The Bertz CT molecular complexity index is 1180. The van der Waals surface area contributed by atoms with E-state index in [4.69, 9.17) is 14.2 Å². The summed E-state index contributed by atoms with van der Waals surface area (Å²) in [6.07, 6.45) is -1.23. The predicted octanol–water partition coefficient (Wildman–Crippen LogP) is 3.83. The second-order valence-corrected chi connectivity index (χ2v) is 6.54. The van der Waals surface area contributed by atoms with Gasteiger partial charge < -0.3 is 18.9 Å². The van der Waals surface area contributed by atoms with Crippen molar-refractivity contribution in [3.8, 4) is 34.3 Å². The van der Waals surface area contributed by atoms with Crippen LogP contribution in [0.2, 0.25) is 0 Å². The maximum atomic E-state index is 12.9. The van der Waals surface area contributed by atoms with Crippen LogP contribution in [0.15, 0.2) is 53.9 Å². The summed E-state index contributed by atoms with van der Waals surface area (Å²) in [6, 6.07) is 8.82. The molecule has 0 bridgehead atoms. The number of aromatic nitrogens is 2. The minimum absolute atomic E-state index is 0.0175. The molecule has 0 atom stereocenters. The minimum Gasteiger partial charge on any atom is -0.497 e. The fourth-order valence-electron chi connectivity index (χ4n) is 2.78. The zero-order valence-corrected chi connectivity index (χ0v) is 18.2. The molecule has 0 saturated carbocycles. The number of benzene rings is 2. The third-order valence-electron chi connectivity index (χ3n) is 4.31. The molecule has 1 amide bonds. The van der Waals surface area contributed by atoms with Gasteiger partial charge in [-0.15, -0.1) is 13.2 Å². The fraction of sp³-hybridized carbons (Fsp3) is 0.182. The Labute approximate surface area is 192 Å². The van der Waals surface area contributed by atoms with Gasteiger partial charge in [0.05, 0.1) is 45.6 Å². The summed E-state index contributed by atoms with van der Waals surface area (Å²) in [5.41, 5.74) is 2.65. The first-order valence-corrected chi connectivity index (χ1v) is 9.55. The third kappa shape index (κ3) is 6.34. The number of alkyl halides is 3. The van der Waals surface area contributed by atoms with Crippen LogP contribution in [0.3, 0.4) is 0 Å². The van der Waals surface area contributed by atoms with E-state index in [2.05, 4.69) is 25.2 Å². The van der Waals surface area contributed by atoms with Crippen molar-refractivity contribution in [2.45, 2.75) is 6.36 Å². The number of halogens is 3. The van der Waals surface area contributed by atoms with Gasteiger partial charge in [-0.05, 0) is 24.3 Å². The van der Waals surface area contributed by atoms with Gasteiger partial charge in [-0.2, -0.15) is 5.10 Å². The summed E-state index contributed by atoms with van der Waals surface area (Å²) in [6.45, 7) is 0. The highest BCUT2D eigenvalue weighted by Gasteiger charge is 2.32. The van der Waals surface area contributed by atoms with Gasteiger partial charge in [0.25, 0.3) is 5.91 Å². The van der Waals surface area contributed by atoms with Gasteiger partial charge in [0.1, 0.15) is 28.7 Å². The molecule has 1 aromatic heterocycles. The highest BCUT2D eigenvalue weighted by Crippen LogP contribution is 2.35. The average Bonchev–Trinajstić information content (AvgIpc) is 2.82. The third-order valence-corrected chi connectivity index (χ3v) is 4.31. The van der Waals surface area contributed by atoms with E-state index in [0.29, 0.717) is 17.1 Å². The molecule has 0 aliphatic rings. The van der Waals surface area contributed by atoms with Crippen LogP contribution in [-0.2, 0) is 0 Å². The van der Waals surface area contributed by atoms with E-state index in [-0.39, 0.29) is 22.7 Å². The standard InChI is InChI=1S/C22H19F3N4O5/c1-31-14-4-5-17(20(9-14)34-22(23,24)25)18-11-26-12-19(28-18)21(30)29-27-10-13-6-15(32-2)8-16(7-13)33-3/h4-12H,1-3H3,(H,29,30)/b27-10+. The zero-order chi connectivity index (χ0) is 24.7. The number of amides is 1. The second-order valence-electron chi connectivity index (χ2n) is 6.54.